The minimum Gasteiger partial charge on any atom is -0.326 e. The van der Waals surface area contributed by atoms with Gasteiger partial charge in [0.1, 0.15) is 12.2 Å². The van der Waals surface area contributed by atoms with Gasteiger partial charge in [0.25, 0.3) is 0 Å². The molecule has 1 fully saturated rings. The van der Waals surface area contributed by atoms with Gasteiger partial charge in [0.15, 0.2) is 0 Å². The molecule has 14 heavy (non-hydrogen) atoms. The second kappa shape index (κ2) is 4.06. The van der Waals surface area contributed by atoms with Crippen molar-refractivity contribution < 1.29 is 0 Å². The van der Waals surface area contributed by atoms with E-state index in [1.807, 2.05) is 0 Å². The summed E-state index contributed by atoms with van der Waals surface area (Å²) in [7, 11) is 0. The van der Waals surface area contributed by atoms with Gasteiger partial charge in [-0.1, -0.05) is 0 Å². The van der Waals surface area contributed by atoms with Crippen LogP contribution in [0.25, 0.3) is 0 Å². The van der Waals surface area contributed by atoms with Crippen LogP contribution in [0.5, 0.6) is 0 Å². The molecule has 1 saturated heterocycles. The van der Waals surface area contributed by atoms with Crippen LogP contribution in [0, 0.1) is 0 Å². The Morgan fingerprint density at radius 1 is 1.64 bits per heavy atom. The molecule has 0 saturated carbocycles. The summed E-state index contributed by atoms with van der Waals surface area (Å²) in [4.78, 5) is 2.33. The summed E-state index contributed by atoms with van der Waals surface area (Å²) in [5.74, 6) is 1.04. The van der Waals surface area contributed by atoms with Crippen molar-refractivity contribution in [1.29, 1.82) is 0 Å². The van der Waals surface area contributed by atoms with E-state index in [0.29, 0.717) is 6.04 Å². The number of nitrogens with two attached hydrogens (primary N) is 1. The van der Waals surface area contributed by atoms with Gasteiger partial charge in [-0.25, -0.2) is 0 Å². The fourth-order valence-electron chi connectivity index (χ4n) is 1.87. The van der Waals surface area contributed by atoms with Crippen molar-refractivity contribution in [1.82, 2.24) is 19.7 Å². The molecule has 0 unspecified atom stereocenters. The Labute approximate surface area is 83.9 Å². The molecule has 1 aliphatic heterocycles. The van der Waals surface area contributed by atoms with Gasteiger partial charge in [-0.3, -0.25) is 4.90 Å². The number of aromatic nitrogens is 3. The zero-order chi connectivity index (χ0) is 9.97. The first-order valence-electron chi connectivity index (χ1n) is 5.14. The van der Waals surface area contributed by atoms with Crippen LogP contribution >= 0.6 is 0 Å². The Bertz CT molecular complexity index is 295. The quantitative estimate of drug-likeness (QED) is 0.727. The Morgan fingerprint density at radius 3 is 3.14 bits per heavy atom. The lowest BCUT2D eigenvalue weighted by Crippen LogP contribution is -2.27. The summed E-state index contributed by atoms with van der Waals surface area (Å²) in [6, 6.07) is 0.341. The van der Waals surface area contributed by atoms with Crippen molar-refractivity contribution in [2.45, 2.75) is 32.5 Å². The molecule has 1 aliphatic rings. The topological polar surface area (TPSA) is 60.0 Å². The average Bonchev–Trinajstić information content (AvgIpc) is 2.76. The number of hydrogen-bond donors (Lipinski definition) is 1. The van der Waals surface area contributed by atoms with Crippen LogP contribution in [0.2, 0.25) is 0 Å². The highest BCUT2D eigenvalue weighted by Crippen LogP contribution is 2.10. The van der Waals surface area contributed by atoms with Crippen molar-refractivity contribution in [2.24, 2.45) is 5.73 Å². The highest BCUT2D eigenvalue weighted by atomic mass is 15.3. The molecule has 5 nitrogen and oxygen atoms in total. The molecular formula is C9H17N5. The lowest BCUT2D eigenvalue weighted by molar-refractivity contribution is 0.312. The minimum atomic E-state index is 0.341. The molecule has 5 heteroatoms. The lowest BCUT2D eigenvalue weighted by Gasteiger charge is -2.14. The van der Waals surface area contributed by atoms with Crippen LogP contribution in [0.15, 0.2) is 6.33 Å². The second-order valence-electron chi connectivity index (χ2n) is 3.82. The number of likely N-dealkylation sites (tertiary alicyclic amines) is 1. The molecule has 1 aromatic heterocycles. The molecule has 0 radical (unpaired) electrons. The minimum absolute atomic E-state index is 0.341. The zero-order valence-corrected chi connectivity index (χ0v) is 8.56. The molecule has 2 rings (SSSR count). The van der Waals surface area contributed by atoms with E-state index in [2.05, 4.69) is 26.6 Å². The molecule has 0 amide bonds. The second-order valence-corrected chi connectivity index (χ2v) is 3.82. The number of rotatable bonds is 3. The van der Waals surface area contributed by atoms with Gasteiger partial charge in [-0.15, -0.1) is 10.2 Å². The summed E-state index contributed by atoms with van der Waals surface area (Å²) in [6.45, 7) is 5.97. The molecule has 0 aromatic carbocycles. The summed E-state index contributed by atoms with van der Waals surface area (Å²) < 4.78 is 2.07. The van der Waals surface area contributed by atoms with Crippen molar-refractivity contribution in [3.8, 4) is 0 Å². The van der Waals surface area contributed by atoms with E-state index >= 15 is 0 Å². The first-order valence-corrected chi connectivity index (χ1v) is 5.14. The highest BCUT2D eigenvalue weighted by Gasteiger charge is 2.20. The van der Waals surface area contributed by atoms with Gasteiger partial charge >= 0.3 is 0 Å². The summed E-state index contributed by atoms with van der Waals surface area (Å²) in [5, 5.41) is 8.02. The summed E-state index contributed by atoms with van der Waals surface area (Å²) in [5.41, 5.74) is 5.84. The largest absolute Gasteiger partial charge is 0.326 e. The van der Waals surface area contributed by atoms with E-state index in [-0.39, 0.29) is 0 Å². The van der Waals surface area contributed by atoms with Crippen LogP contribution < -0.4 is 5.73 Å². The standard InChI is InChI=1S/C9H17N5/c1-2-14-7-11-12-9(14)6-13-4-3-8(10)5-13/h7-8H,2-6,10H2,1H3/t8-/m1/s1. The first-order chi connectivity index (χ1) is 6.79. The molecule has 0 aliphatic carbocycles. The van der Waals surface area contributed by atoms with Crippen LogP contribution in [-0.2, 0) is 13.1 Å². The molecule has 1 aromatic rings. The van der Waals surface area contributed by atoms with Gasteiger partial charge < -0.3 is 10.3 Å². The fraction of sp³-hybridized carbons (Fsp3) is 0.778. The lowest BCUT2D eigenvalue weighted by atomic mass is 10.3. The van der Waals surface area contributed by atoms with E-state index < -0.39 is 0 Å². The molecule has 0 bridgehead atoms. The number of nitrogens with zero attached hydrogens (tertiary/aromatic N) is 4. The predicted molar refractivity (Wildman–Crippen MR) is 53.6 cm³/mol. The Kier molecular flexibility index (Phi) is 2.79. The van der Waals surface area contributed by atoms with Crippen molar-refractivity contribution in [3.05, 3.63) is 12.2 Å². The first kappa shape index (κ1) is 9.61. The van der Waals surface area contributed by atoms with Gasteiger partial charge in [0.05, 0.1) is 6.54 Å². The molecular weight excluding hydrogens is 178 g/mol. The maximum atomic E-state index is 5.84. The summed E-state index contributed by atoms with van der Waals surface area (Å²) in [6.07, 6.45) is 2.88. The van der Waals surface area contributed by atoms with Crippen molar-refractivity contribution in [3.63, 3.8) is 0 Å². The van der Waals surface area contributed by atoms with E-state index in [1.54, 1.807) is 6.33 Å². The SMILES string of the molecule is CCn1cnnc1CN1CC[C@@H](N)C1. The van der Waals surface area contributed by atoms with E-state index in [0.717, 1.165) is 38.4 Å². The number of aryl methyl sites for hydroxylation is 1. The van der Waals surface area contributed by atoms with Crippen LogP contribution in [0.1, 0.15) is 19.2 Å². The molecule has 1 atom stereocenters. The van der Waals surface area contributed by atoms with Crippen LogP contribution in [-0.4, -0.2) is 38.8 Å². The summed E-state index contributed by atoms with van der Waals surface area (Å²) >= 11 is 0. The normalized spacial score (nSPS) is 23.1. The maximum Gasteiger partial charge on any atom is 0.146 e. The van der Waals surface area contributed by atoms with Crippen LogP contribution in [0.3, 0.4) is 0 Å². The maximum absolute atomic E-state index is 5.84. The van der Waals surface area contributed by atoms with E-state index in [9.17, 15) is 0 Å². The number of hydrogen-bond acceptors (Lipinski definition) is 4. The third kappa shape index (κ3) is 1.93. The predicted octanol–water partition coefficient (Wildman–Crippen LogP) is -0.169. The Morgan fingerprint density at radius 2 is 2.50 bits per heavy atom. The van der Waals surface area contributed by atoms with Crippen molar-refractivity contribution in [2.75, 3.05) is 13.1 Å². The fourth-order valence-corrected chi connectivity index (χ4v) is 1.87. The van der Waals surface area contributed by atoms with Crippen LogP contribution in [0.4, 0.5) is 0 Å². The van der Waals surface area contributed by atoms with Gasteiger partial charge in [0.2, 0.25) is 0 Å². The smallest absolute Gasteiger partial charge is 0.146 e. The molecule has 78 valence electrons. The van der Waals surface area contributed by atoms with E-state index in [4.69, 9.17) is 5.73 Å². The van der Waals surface area contributed by atoms with E-state index in [1.165, 1.54) is 0 Å². The molecule has 2 heterocycles. The molecule has 0 spiro atoms. The van der Waals surface area contributed by atoms with Gasteiger partial charge in [-0.2, -0.15) is 0 Å². The zero-order valence-electron chi connectivity index (χ0n) is 8.56. The Balaban J connectivity index is 1.97. The van der Waals surface area contributed by atoms with Gasteiger partial charge in [-0.05, 0) is 13.3 Å². The Hall–Kier alpha value is -0.940. The van der Waals surface area contributed by atoms with Crippen molar-refractivity contribution >= 4 is 0 Å². The average molecular weight is 195 g/mol. The molecule has 2 N–H and O–H groups in total. The highest BCUT2D eigenvalue weighted by molar-refractivity contribution is 4.88. The third-order valence-electron chi connectivity index (χ3n) is 2.71. The monoisotopic (exact) mass is 195 g/mol. The van der Waals surface area contributed by atoms with Gasteiger partial charge in [0, 0.05) is 25.7 Å². The third-order valence-corrected chi connectivity index (χ3v) is 2.71.